The van der Waals surface area contributed by atoms with Crippen LogP contribution >= 0.6 is 23.1 Å². The van der Waals surface area contributed by atoms with Crippen molar-refractivity contribution in [2.75, 3.05) is 6.54 Å². The summed E-state index contributed by atoms with van der Waals surface area (Å²) in [5.74, 6) is 0.994. The largest absolute Gasteiger partial charge is 0.337 e. The molecule has 5 nitrogen and oxygen atoms in total. The minimum absolute atomic E-state index is 0.164. The molecule has 1 aliphatic rings. The van der Waals surface area contributed by atoms with E-state index >= 15 is 0 Å². The molecule has 0 N–H and O–H groups in total. The zero-order valence-corrected chi connectivity index (χ0v) is 17.3. The molecule has 4 rings (SSSR count). The van der Waals surface area contributed by atoms with E-state index < -0.39 is 0 Å². The summed E-state index contributed by atoms with van der Waals surface area (Å²) in [6, 6.07) is 10.3. The Bertz CT molecular complexity index is 978. The van der Waals surface area contributed by atoms with E-state index in [-0.39, 0.29) is 11.2 Å². The Morgan fingerprint density at radius 1 is 1.26 bits per heavy atom. The van der Waals surface area contributed by atoms with Crippen LogP contribution < -0.4 is 0 Å². The second kappa shape index (κ2) is 7.48. The zero-order chi connectivity index (χ0) is 19.0. The van der Waals surface area contributed by atoms with E-state index in [4.69, 9.17) is 0 Å². The van der Waals surface area contributed by atoms with E-state index in [1.54, 1.807) is 11.3 Å². The number of hydrogen-bond donors (Lipinski definition) is 0. The fourth-order valence-electron chi connectivity index (χ4n) is 3.38. The van der Waals surface area contributed by atoms with Gasteiger partial charge in [0.25, 0.3) is 0 Å². The fraction of sp³-hybridized carbons (Fsp3) is 0.350. The number of nitrogens with zero attached hydrogens (tertiary/aromatic N) is 4. The number of aromatic nitrogens is 3. The molecule has 0 saturated carbocycles. The first-order valence-electron chi connectivity index (χ1n) is 9.00. The Morgan fingerprint density at radius 3 is 2.89 bits per heavy atom. The van der Waals surface area contributed by atoms with Crippen LogP contribution in [0.1, 0.15) is 22.9 Å². The van der Waals surface area contributed by atoms with Gasteiger partial charge in [0.1, 0.15) is 0 Å². The maximum Gasteiger partial charge on any atom is 0.236 e. The maximum absolute atomic E-state index is 12.9. The number of fused-ring (bicyclic) bond motifs is 1. The van der Waals surface area contributed by atoms with Crippen LogP contribution in [0, 0.1) is 6.92 Å². The first kappa shape index (κ1) is 18.3. The summed E-state index contributed by atoms with van der Waals surface area (Å²) in [6.07, 6.45) is 0.956. The third kappa shape index (κ3) is 3.53. The number of rotatable bonds is 4. The number of carbonyl (C=O) groups excluding carboxylic acids is 1. The van der Waals surface area contributed by atoms with Gasteiger partial charge in [0, 0.05) is 30.6 Å². The Labute approximate surface area is 167 Å². The van der Waals surface area contributed by atoms with Gasteiger partial charge in [0.2, 0.25) is 5.91 Å². The highest BCUT2D eigenvalue weighted by Crippen LogP contribution is 2.30. The van der Waals surface area contributed by atoms with Crippen molar-refractivity contribution in [1.82, 2.24) is 19.7 Å². The van der Waals surface area contributed by atoms with Gasteiger partial charge < -0.3 is 9.47 Å². The van der Waals surface area contributed by atoms with Gasteiger partial charge >= 0.3 is 0 Å². The van der Waals surface area contributed by atoms with E-state index in [2.05, 4.69) is 40.7 Å². The molecule has 0 saturated heterocycles. The molecule has 1 aliphatic heterocycles. The molecule has 1 atom stereocenters. The standard InChI is InChI=1S/C20H22N4OS2/c1-13-6-4-5-7-16(13)18-21-22-20(23(18)3)27-14(2)19(25)24-10-8-17-15(12-24)9-11-26-17/h4-7,9,11,14H,8,10,12H2,1-3H3. The summed E-state index contributed by atoms with van der Waals surface area (Å²) in [6.45, 7) is 5.54. The maximum atomic E-state index is 12.9. The number of amides is 1. The average molecular weight is 399 g/mol. The van der Waals surface area contributed by atoms with E-state index in [0.29, 0.717) is 0 Å². The molecule has 3 heterocycles. The molecular formula is C20H22N4OS2. The summed E-state index contributed by atoms with van der Waals surface area (Å²) in [4.78, 5) is 16.3. The van der Waals surface area contributed by atoms with E-state index in [9.17, 15) is 4.79 Å². The number of aryl methyl sites for hydroxylation is 1. The van der Waals surface area contributed by atoms with Gasteiger partial charge in [-0.05, 0) is 42.8 Å². The molecule has 0 aliphatic carbocycles. The smallest absolute Gasteiger partial charge is 0.236 e. The van der Waals surface area contributed by atoms with Gasteiger partial charge in [0.15, 0.2) is 11.0 Å². The van der Waals surface area contributed by atoms with Crippen molar-refractivity contribution in [3.8, 4) is 11.4 Å². The number of thioether (sulfide) groups is 1. The highest BCUT2D eigenvalue weighted by atomic mass is 32.2. The monoisotopic (exact) mass is 398 g/mol. The molecule has 0 bridgehead atoms. The Hall–Kier alpha value is -2.12. The second-order valence-electron chi connectivity index (χ2n) is 6.82. The van der Waals surface area contributed by atoms with Gasteiger partial charge in [-0.2, -0.15) is 0 Å². The van der Waals surface area contributed by atoms with Crippen molar-refractivity contribution in [2.24, 2.45) is 7.05 Å². The topological polar surface area (TPSA) is 51.0 Å². The number of benzene rings is 1. The minimum Gasteiger partial charge on any atom is -0.337 e. The lowest BCUT2D eigenvalue weighted by Gasteiger charge is -2.29. The molecule has 27 heavy (non-hydrogen) atoms. The lowest BCUT2D eigenvalue weighted by Crippen LogP contribution is -2.39. The molecule has 2 aromatic heterocycles. The first-order valence-corrected chi connectivity index (χ1v) is 10.8. The van der Waals surface area contributed by atoms with Gasteiger partial charge in [-0.25, -0.2) is 0 Å². The number of carbonyl (C=O) groups is 1. The second-order valence-corrected chi connectivity index (χ2v) is 9.13. The lowest BCUT2D eigenvalue weighted by atomic mass is 10.1. The summed E-state index contributed by atoms with van der Waals surface area (Å²) in [7, 11) is 1.96. The van der Waals surface area contributed by atoms with Crippen LogP contribution in [0.5, 0.6) is 0 Å². The van der Waals surface area contributed by atoms with Crippen LogP contribution in [0.4, 0.5) is 0 Å². The van der Waals surface area contributed by atoms with Crippen molar-refractivity contribution in [3.63, 3.8) is 0 Å². The Morgan fingerprint density at radius 2 is 2.07 bits per heavy atom. The van der Waals surface area contributed by atoms with E-state index in [1.165, 1.54) is 22.2 Å². The molecule has 140 valence electrons. The quantitative estimate of drug-likeness (QED) is 0.625. The van der Waals surface area contributed by atoms with E-state index in [1.807, 2.05) is 35.6 Å². The van der Waals surface area contributed by atoms with Crippen molar-refractivity contribution >= 4 is 29.0 Å². The van der Waals surface area contributed by atoms with Gasteiger partial charge in [-0.3, -0.25) is 4.79 Å². The predicted octanol–water partition coefficient (Wildman–Crippen LogP) is 3.92. The molecule has 0 fully saturated rings. The summed E-state index contributed by atoms with van der Waals surface area (Å²) in [5, 5.41) is 11.4. The molecule has 1 aromatic carbocycles. The van der Waals surface area contributed by atoms with Crippen molar-refractivity contribution in [1.29, 1.82) is 0 Å². The normalized spacial score (nSPS) is 14.9. The molecule has 0 radical (unpaired) electrons. The summed E-state index contributed by atoms with van der Waals surface area (Å²) >= 11 is 3.27. The van der Waals surface area contributed by atoms with Crippen LogP contribution in [-0.2, 0) is 24.8 Å². The highest BCUT2D eigenvalue weighted by Gasteiger charge is 2.27. The first-order chi connectivity index (χ1) is 13.0. The third-order valence-corrected chi connectivity index (χ3v) is 7.11. The summed E-state index contributed by atoms with van der Waals surface area (Å²) < 4.78 is 1.98. The highest BCUT2D eigenvalue weighted by molar-refractivity contribution is 8.00. The Kier molecular flexibility index (Phi) is 5.06. The van der Waals surface area contributed by atoms with Crippen LogP contribution in [0.2, 0.25) is 0 Å². The van der Waals surface area contributed by atoms with Crippen LogP contribution in [0.3, 0.4) is 0 Å². The SMILES string of the molecule is Cc1ccccc1-c1nnc(SC(C)C(=O)N2CCc3sccc3C2)n1C. The van der Waals surface area contributed by atoms with Gasteiger partial charge in [0.05, 0.1) is 5.25 Å². The molecule has 0 spiro atoms. The molecule has 3 aromatic rings. The molecular weight excluding hydrogens is 376 g/mol. The van der Waals surface area contributed by atoms with Crippen molar-refractivity contribution in [2.45, 2.75) is 37.2 Å². The zero-order valence-electron chi connectivity index (χ0n) is 15.7. The van der Waals surface area contributed by atoms with Crippen molar-refractivity contribution in [3.05, 3.63) is 51.7 Å². The molecule has 1 unspecified atom stereocenters. The van der Waals surface area contributed by atoms with Crippen molar-refractivity contribution < 1.29 is 4.79 Å². The van der Waals surface area contributed by atoms with Crippen LogP contribution in [0.15, 0.2) is 40.9 Å². The molecule has 1 amide bonds. The number of hydrogen-bond acceptors (Lipinski definition) is 5. The fourth-order valence-corrected chi connectivity index (χ4v) is 5.17. The molecule has 7 heteroatoms. The number of thiophene rings is 1. The van der Waals surface area contributed by atoms with Crippen LogP contribution in [-0.4, -0.2) is 37.4 Å². The average Bonchev–Trinajstić information content (AvgIpc) is 3.28. The Balaban J connectivity index is 1.48. The minimum atomic E-state index is -0.196. The van der Waals surface area contributed by atoms with E-state index in [0.717, 1.165) is 41.6 Å². The van der Waals surface area contributed by atoms with Gasteiger partial charge in [-0.1, -0.05) is 36.0 Å². The lowest BCUT2D eigenvalue weighted by molar-refractivity contribution is -0.131. The predicted molar refractivity (Wildman–Crippen MR) is 110 cm³/mol. The summed E-state index contributed by atoms with van der Waals surface area (Å²) in [5.41, 5.74) is 3.52. The van der Waals surface area contributed by atoms with Crippen LogP contribution in [0.25, 0.3) is 11.4 Å². The van der Waals surface area contributed by atoms with Gasteiger partial charge in [-0.15, -0.1) is 21.5 Å². The third-order valence-electron chi connectivity index (χ3n) is 4.97.